The van der Waals surface area contributed by atoms with E-state index < -0.39 is 0 Å². The first-order chi connectivity index (χ1) is 8.88. The minimum absolute atomic E-state index is 0.819. The Kier molecular flexibility index (Phi) is 5.49. The van der Waals surface area contributed by atoms with Crippen LogP contribution < -0.4 is 5.32 Å². The van der Waals surface area contributed by atoms with Crippen molar-refractivity contribution in [3.8, 4) is 0 Å². The molecule has 1 heterocycles. The van der Waals surface area contributed by atoms with E-state index in [1.54, 1.807) is 7.11 Å². The van der Waals surface area contributed by atoms with Crippen LogP contribution in [0.2, 0.25) is 0 Å². The topological polar surface area (TPSA) is 24.5 Å². The van der Waals surface area contributed by atoms with Gasteiger partial charge in [0.25, 0.3) is 0 Å². The molecule has 0 aliphatic carbocycles. The summed E-state index contributed by atoms with van der Waals surface area (Å²) in [6.07, 6.45) is 3.77. The predicted octanol–water partition coefficient (Wildman–Crippen LogP) is 2.73. The predicted molar refractivity (Wildman–Crippen MR) is 75.9 cm³/mol. The molecule has 3 heteroatoms. The lowest BCUT2D eigenvalue weighted by Gasteiger charge is -2.15. The molecule has 1 aromatic rings. The summed E-state index contributed by atoms with van der Waals surface area (Å²) < 4.78 is 5.03. The zero-order valence-corrected chi connectivity index (χ0v) is 11.3. The highest BCUT2D eigenvalue weighted by Gasteiger charge is 2.11. The molecule has 1 N–H and O–H groups in total. The summed E-state index contributed by atoms with van der Waals surface area (Å²) >= 11 is 0. The second-order valence-corrected chi connectivity index (χ2v) is 4.95. The van der Waals surface area contributed by atoms with Crippen LogP contribution in [0.15, 0.2) is 24.3 Å². The number of nitrogens with one attached hydrogen (secondary N) is 1. The van der Waals surface area contributed by atoms with Crippen molar-refractivity contribution in [3.63, 3.8) is 0 Å². The van der Waals surface area contributed by atoms with E-state index in [1.165, 1.54) is 37.2 Å². The fraction of sp³-hybridized carbons (Fsp3) is 0.600. The Morgan fingerprint density at radius 1 is 1.17 bits per heavy atom. The molecule has 2 rings (SSSR count). The van der Waals surface area contributed by atoms with Gasteiger partial charge in [0, 0.05) is 32.5 Å². The van der Waals surface area contributed by atoms with Crippen LogP contribution in [0, 0.1) is 0 Å². The number of benzene rings is 1. The third kappa shape index (κ3) is 4.31. The second-order valence-electron chi connectivity index (χ2n) is 4.95. The quantitative estimate of drug-likeness (QED) is 0.751. The van der Waals surface area contributed by atoms with E-state index in [0.29, 0.717) is 0 Å². The summed E-state index contributed by atoms with van der Waals surface area (Å²) in [5, 5.41) is 3.41. The summed E-state index contributed by atoms with van der Waals surface area (Å²) in [6.45, 7) is 5.41. The van der Waals surface area contributed by atoms with Crippen LogP contribution in [0.1, 0.15) is 24.8 Å². The van der Waals surface area contributed by atoms with Crippen molar-refractivity contribution in [1.82, 2.24) is 4.90 Å². The van der Waals surface area contributed by atoms with Crippen LogP contribution in [-0.4, -0.2) is 38.3 Å². The van der Waals surface area contributed by atoms with E-state index in [9.17, 15) is 0 Å². The summed E-state index contributed by atoms with van der Waals surface area (Å²) in [5.74, 6) is 0. The first-order valence-electron chi connectivity index (χ1n) is 6.92. The van der Waals surface area contributed by atoms with Crippen molar-refractivity contribution >= 4 is 5.69 Å². The molecule has 0 unspecified atom stereocenters. The Labute approximate surface area is 110 Å². The molecule has 0 saturated carbocycles. The van der Waals surface area contributed by atoms with Gasteiger partial charge >= 0.3 is 0 Å². The molecule has 0 spiro atoms. The van der Waals surface area contributed by atoms with Gasteiger partial charge in [-0.05, 0) is 50.0 Å². The molecule has 0 aromatic heterocycles. The fourth-order valence-corrected chi connectivity index (χ4v) is 2.38. The Balaban J connectivity index is 1.74. The van der Waals surface area contributed by atoms with E-state index in [-0.39, 0.29) is 0 Å². The van der Waals surface area contributed by atoms with Gasteiger partial charge in [-0.15, -0.1) is 0 Å². The third-order valence-electron chi connectivity index (χ3n) is 3.41. The van der Waals surface area contributed by atoms with Gasteiger partial charge in [-0.25, -0.2) is 0 Å². The van der Waals surface area contributed by atoms with E-state index in [1.807, 2.05) is 0 Å². The first-order valence-corrected chi connectivity index (χ1v) is 6.92. The van der Waals surface area contributed by atoms with E-state index in [4.69, 9.17) is 4.74 Å². The van der Waals surface area contributed by atoms with Gasteiger partial charge in [-0.1, -0.05) is 12.1 Å². The van der Waals surface area contributed by atoms with Gasteiger partial charge in [0.2, 0.25) is 0 Å². The Morgan fingerprint density at radius 2 is 1.89 bits per heavy atom. The molecule has 100 valence electrons. The van der Waals surface area contributed by atoms with Crippen molar-refractivity contribution < 1.29 is 4.74 Å². The molecule has 18 heavy (non-hydrogen) atoms. The monoisotopic (exact) mass is 248 g/mol. The van der Waals surface area contributed by atoms with Crippen LogP contribution in [0.3, 0.4) is 0 Å². The minimum Gasteiger partial charge on any atom is -0.385 e. The van der Waals surface area contributed by atoms with Crippen LogP contribution in [-0.2, 0) is 11.3 Å². The largest absolute Gasteiger partial charge is 0.385 e. The molecule has 3 nitrogen and oxygen atoms in total. The van der Waals surface area contributed by atoms with Crippen LogP contribution in [0.4, 0.5) is 5.69 Å². The first kappa shape index (κ1) is 13.4. The molecular formula is C15H24N2O. The highest BCUT2D eigenvalue weighted by molar-refractivity contribution is 5.44. The molecule has 0 atom stereocenters. The van der Waals surface area contributed by atoms with Gasteiger partial charge in [-0.3, -0.25) is 4.90 Å². The number of methoxy groups -OCH3 is 1. The Hall–Kier alpha value is -1.06. The Morgan fingerprint density at radius 3 is 2.56 bits per heavy atom. The lowest BCUT2D eigenvalue weighted by atomic mass is 10.2. The zero-order chi connectivity index (χ0) is 12.6. The summed E-state index contributed by atoms with van der Waals surface area (Å²) in [7, 11) is 1.74. The van der Waals surface area contributed by atoms with Gasteiger partial charge in [0.05, 0.1) is 0 Å². The fourth-order valence-electron chi connectivity index (χ4n) is 2.38. The number of hydrogen-bond acceptors (Lipinski definition) is 3. The van der Waals surface area contributed by atoms with Crippen molar-refractivity contribution in [3.05, 3.63) is 29.8 Å². The van der Waals surface area contributed by atoms with Gasteiger partial charge in [-0.2, -0.15) is 0 Å². The number of rotatable bonds is 7. The molecular weight excluding hydrogens is 224 g/mol. The van der Waals surface area contributed by atoms with E-state index in [0.717, 1.165) is 26.1 Å². The van der Waals surface area contributed by atoms with Crippen molar-refractivity contribution in [1.29, 1.82) is 0 Å². The minimum atomic E-state index is 0.819. The SMILES string of the molecule is COCCCNc1ccc(CN2CCCC2)cc1. The second kappa shape index (κ2) is 7.39. The van der Waals surface area contributed by atoms with E-state index >= 15 is 0 Å². The van der Waals surface area contributed by atoms with Crippen molar-refractivity contribution in [2.24, 2.45) is 0 Å². The average molecular weight is 248 g/mol. The maximum atomic E-state index is 5.03. The van der Waals surface area contributed by atoms with E-state index in [2.05, 4.69) is 34.5 Å². The van der Waals surface area contributed by atoms with Crippen LogP contribution in [0.5, 0.6) is 0 Å². The molecule has 1 aliphatic rings. The van der Waals surface area contributed by atoms with Gasteiger partial charge in [0.1, 0.15) is 0 Å². The molecule has 0 radical (unpaired) electrons. The number of nitrogens with zero attached hydrogens (tertiary/aromatic N) is 1. The van der Waals surface area contributed by atoms with Gasteiger partial charge < -0.3 is 10.1 Å². The number of anilines is 1. The average Bonchev–Trinajstić information content (AvgIpc) is 2.89. The van der Waals surface area contributed by atoms with Crippen LogP contribution in [0.25, 0.3) is 0 Å². The zero-order valence-electron chi connectivity index (χ0n) is 11.3. The number of hydrogen-bond donors (Lipinski definition) is 1. The smallest absolute Gasteiger partial charge is 0.0479 e. The summed E-state index contributed by atoms with van der Waals surface area (Å²) in [6, 6.07) is 8.82. The maximum absolute atomic E-state index is 5.03. The molecule has 0 amide bonds. The normalized spacial score (nSPS) is 16.1. The van der Waals surface area contributed by atoms with Gasteiger partial charge in [0.15, 0.2) is 0 Å². The Bertz CT molecular complexity index is 331. The lowest BCUT2D eigenvalue weighted by molar-refractivity contribution is 0.198. The highest BCUT2D eigenvalue weighted by atomic mass is 16.5. The summed E-state index contributed by atoms with van der Waals surface area (Å²) in [4.78, 5) is 2.53. The van der Waals surface area contributed by atoms with Crippen molar-refractivity contribution in [2.45, 2.75) is 25.8 Å². The molecule has 1 aliphatic heterocycles. The molecule has 0 bridgehead atoms. The number of likely N-dealkylation sites (tertiary alicyclic amines) is 1. The van der Waals surface area contributed by atoms with Crippen molar-refractivity contribution in [2.75, 3.05) is 38.7 Å². The molecule has 1 fully saturated rings. The molecule has 1 aromatic carbocycles. The molecule has 1 saturated heterocycles. The van der Waals surface area contributed by atoms with Crippen LogP contribution >= 0.6 is 0 Å². The highest BCUT2D eigenvalue weighted by Crippen LogP contribution is 2.15. The summed E-state index contributed by atoms with van der Waals surface area (Å²) in [5.41, 5.74) is 2.62. The number of ether oxygens (including phenoxy) is 1. The third-order valence-corrected chi connectivity index (χ3v) is 3.41. The standard InChI is InChI=1S/C15H24N2O/c1-18-12-4-9-16-15-7-5-14(6-8-15)13-17-10-2-3-11-17/h5-8,16H,2-4,9-13H2,1H3. The lowest BCUT2D eigenvalue weighted by Crippen LogP contribution is -2.18. The maximum Gasteiger partial charge on any atom is 0.0479 e.